The van der Waals surface area contributed by atoms with Crippen molar-refractivity contribution < 1.29 is 13.2 Å². The Morgan fingerprint density at radius 1 is 0.963 bits per heavy atom. The average Bonchev–Trinajstić information content (AvgIpc) is 2.72. The fourth-order valence-corrected chi connectivity index (χ4v) is 3.70. The molecular weight excluding hydrogens is 360 g/mol. The molecule has 6 heteroatoms. The molecule has 0 radical (unpaired) electrons. The first-order valence-corrected chi connectivity index (χ1v) is 9.74. The molecule has 0 aliphatic rings. The lowest BCUT2D eigenvalue weighted by molar-refractivity contribution is 0.414. The number of benzene rings is 3. The van der Waals surface area contributed by atoms with E-state index in [4.69, 9.17) is 10.00 Å². The van der Waals surface area contributed by atoms with Crippen molar-refractivity contribution in [3.8, 4) is 22.9 Å². The van der Waals surface area contributed by atoms with Gasteiger partial charge < -0.3 is 4.74 Å². The van der Waals surface area contributed by atoms with Crippen LogP contribution in [0.5, 0.6) is 5.75 Å². The third-order valence-electron chi connectivity index (χ3n) is 4.16. The van der Waals surface area contributed by atoms with Crippen LogP contribution in [-0.4, -0.2) is 15.5 Å². The summed E-state index contributed by atoms with van der Waals surface area (Å²) in [6, 6.07) is 23.1. The van der Waals surface area contributed by atoms with Crippen molar-refractivity contribution in [2.24, 2.45) is 0 Å². The van der Waals surface area contributed by atoms with Gasteiger partial charge >= 0.3 is 0 Å². The quantitative estimate of drug-likeness (QED) is 0.709. The van der Waals surface area contributed by atoms with E-state index in [2.05, 4.69) is 10.8 Å². The van der Waals surface area contributed by atoms with Crippen LogP contribution in [0, 0.1) is 11.3 Å². The molecule has 136 valence electrons. The summed E-state index contributed by atoms with van der Waals surface area (Å²) in [4.78, 5) is 0.180. The smallest absolute Gasteiger partial charge is 0.240 e. The highest BCUT2D eigenvalue weighted by molar-refractivity contribution is 7.89. The van der Waals surface area contributed by atoms with Gasteiger partial charge in [-0.2, -0.15) is 5.26 Å². The first kappa shape index (κ1) is 18.6. The van der Waals surface area contributed by atoms with E-state index in [0.717, 1.165) is 16.7 Å². The van der Waals surface area contributed by atoms with Crippen LogP contribution in [0.15, 0.2) is 77.7 Å². The van der Waals surface area contributed by atoms with E-state index in [1.807, 2.05) is 36.4 Å². The minimum absolute atomic E-state index is 0.157. The Hall–Kier alpha value is -3.14. The van der Waals surface area contributed by atoms with E-state index in [-0.39, 0.29) is 11.4 Å². The number of sulfonamides is 1. The summed E-state index contributed by atoms with van der Waals surface area (Å²) in [7, 11) is -2.11. The van der Waals surface area contributed by atoms with Gasteiger partial charge in [-0.3, -0.25) is 0 Å². The van der Waals surface area contributed by atoms with Gasteiger partial charge in [0.2, 0.25) is 10.0 Å². The number of nitriles is 1. The normalized spacial score (nSPS) is 11.0. The van der Waals surface area contributed by atoms with Gasteiger partial charge in [-0.05, 0) is 53.1 Å². The third kappa shape index (κ3) is 4.34. The molecule has 27 heavy (non-hydrogen) atoms. The van der Waals surface area contributed by atoms with Crippen LogP contribution in [0.1, 0.15) is 11.1 Å². The predicted molar refractivity (Wildman–Crippen MR) is 104 cm³/mol. The van der Waals surface area contributed by atoms with Crippen LogP contribution in [0.4, 0.5) is 0 Å². The molecule has 0 unspecified atom stereocenters. The molecular formula is C21H18N2O3S. The molecule has 3 rings (SSSR count). The Morgan fingerprint density at radius 2 is 1.63 bits per heavy atom. The summed E-state index contributed by atoms with van der Waals surface area (Å²) in [5.41, 5.74) is 3.27. The van der Waals surface area contributed by atoms with Gasteiger partial charge in [0.05, 0.1) is 23.6 Å². The van der Waals surface area contributed by atoms with E-state index < -0.39 is 10.0 Å². The van der Waals surface area contributed by atoms with Gasteiger partial charge in [0.15, 0.2) is 0 Å². The Bertz CT molecular complexity index is 1070. The third-order valence-corrected chi connectivity index (χ3v) is 5.58. The van der Waals surface area contributed by atoms with Crippen molar-refractivity contribution in [3.63, 3.8) is 0 Å². The van der Waals surface area contributed by atoms with Crippen LogP contribution < -0.4 is 9.46 Å². The van der Waals surface area contributed by atoms with Gasteiger partial charge in [-0.1, -0.05) is 36.4 Å². The summed E-state index contributed by atoms with van der Waals surface area (Å²) < 4.78 is 32.8. The molecule has 1 N–H and O–H groups in total. The fourth-order valence-electron chi connectivity index (χ4n) is 2.69. The van der Waals surface area contributed by atoms with Crippen molar-refractivity contribution in [1.29, 1.82) is 5.26 Å². The van der Waals surface area contributed by atoms with E-state index >= 15 is 0 Å². The lowest BCUT2D eigenvalue weighted by Crippen LogP contribution is -2.23. The minimum Gasteiger partial charge on any atom is -0.497 e. The zero-order chi connectivity index (χ0) is 19.3. The molecule has 0 amide bonds. The number of rotatable bonds is 6. The summed E-state index contributed by atoms with van der Waals surface area (Å²) in [5.74, 6) is 0.597. The highest BCUT2D eigenvalue weighted by Gasteiger charge is 2.15. The molecule has 0 aromatic heterocycles. The summed E-state index contributed by atoms with van der Waals surface area (Å²) >= 11 is 0. The topological polar surface area (TPSA) is 79.2 Å². The molecule has 3 aromatic rings. The second-order valence-corrected chi connectivity index (χ2v) is 7.61. The molecule has 0 spiro atoms. The molecule has 0 heterocycles. The lowest BCUT2D eigenvalue weighted by Gasteiger charge is -2.12. The number of methoxy groups -OCH3 is 1. The van der Waals surface area contributed by atoms with Crippen LogP contribution in [-0.2, 0) is 16.6 Å². The maximum atomic E-state index is 12.5. The van der Waals surface area contributed by atoms with E-state index in [1.54, 1.807) is 24.3 Å². The van der Waals surface area contributed by atoms with Gasteiger partial charge in [-0.15, -0.1) is 0 Å². The molecule has 0 fully saturated rings. The highest BCUT2D eigenvalue weighted by atomic mass is 32.2. The molecule has 0 aliphatic carbocycles. The number of nitrogens with zero attached hydrogens (tertiary/aromatic N) is 1. The number of hydrogen-bond donors (Lipinski definition) is 1. The Balaban J connectivity index is 1.82. The summed E-state index contributed by atoms with van der Waals surface area (Å²) in [6.45, 7) is 0.157. The zero-order valence-electron chi connectivity index (χ0n) is 14.7. The van der Waals surface area contributed by atoms with Crippen molar-refractivity contribution >= 4 is 10.0 Å². The van der Waals surface area contributed by atoms with E-state index in [9.17, 15) is 8.42 Å². The fraction of sp³-hybridized carbons (Fsp3) is 0.0952. The van der Waals surface area contributed by atoms with E-state index in [1.165, 1.54) is 19.2 Å². The second-order valence-electron chi connectivity index (χ2n) is 5.85. The lowest BCUT2D eigenvalue weighted by atomic mass is 9.99. The largest absolute Gasteiger partial charge is 0.497 e. The van der Waals surface area contributed by atoms with Gasteiger partial charge in [-0.25, -0.2) is 13.1 Å². The molecule has 0 bridgehead atoms. The van der Waals surface area contributed by atoms with Crippen molar-refractivity contribution in [2.75, 3.05) is 7.11 Å². The van der Waals surface area contributed by atoms with Crippen LogP contribution in [0.3, 0.4) is 0 Å². The molecule has 0 saturated carbocycles. The van der Waals surface area contributed by atoms with Crippen molar-refractivity contribution in [3.05, 3.63) is 83.9 Å². The van der Waals surface area contributed by atoms with Gasteiger partial charge in [0.25, 0.3) is 0 Å². The molecule has 0 saturated heterocycles. The SMILES string of the molecule is COc1ccc(S(=O)(=O)NCc2ccccc2-c2ccc(C#N)cc2)cc1. The first-order valence-electron chi connectivity index (χ1n) is 8.25. The number of hydrogen-bond acceptors (Lipinski definition) is 4. The van der Waals surface area contributed by atoms with E-state index in [0.29, 0.717) is 11.3 Å². The van der Waals surface area contributed by atoms with Crippen molar-refractivity contribution in [2.45, 2.75) is 11.4 Å². The summed E-state index contributed by atoms with van der Waals surface area (Å²) in [6.07, 6.45) is 0. The molecule has 0 aliphatic heterocycles. The molecule has 3 aromatic carbocycles. The molecule has 0 atom stereocenters. The van der Waals surface area contributed by atoms with Crippen LogP contribution in [0.2, 0.25) is 0 Å². The first-order chi connectivity index (χ1) is 13.0. The maximum Gasteiger partial charge on any atom is 0.240 e. The van der Waals surface area contributed by atoms with Gasteiger partial charge in [0, 0.05) is 6.54 Å². The standard InChI is InChI=1S/C21H18N2O3S/c1-26-19-10-12-20(13-11-19)27(24,25)23-15-18-4-2-3-5-21(18)17-8-6-16(14-22)7-9-17/h2-13,23H,15H2,1H3. The predicted octanol–water partition coefficient (Wildman–Crippen LogP) is 3.71. The molecule has 5 nitrogen and oxygen atoms in total. The number of nitrogens with one attached hydrogen (secondary N) is 1. The van der Waals surface area contributed by atoms with Crippen LogP contribution in [0.25, 0.3) is 11.1 Å². The van der Waals surface area contributed by atoms with Crippen molar-refractivity contribution in [1.82, 2.24) is 4.72 Å². The maximum absolute atomic E-state index is 12.5. The zero-order valence-corrected chi connectivity index (χ0v) is 15.5. The van der Waals surface area contributed by atoms with Crippen LogP contribution >= 0.6 is 0 Å². The Kier molecular flexibility index (Phi) is 5.55. The summed E-state index contributed by atoms with van der Waals surface area (Å²) in [5, 5.41) is 8.93. The van der Waals surface area contributed by atoms with Gasteiger partial charge in [0.1, 0.15) is 5.75 Å². The highest BCUT2D eigenvalue weighted by Crippen LogP contribution is 2.24. The Morgan fingerprint density at radius 3 is 2.26 bits per heavy atom. The number of ether oxygens (including phenoxy) is 1. The average molecular weight is 378 g/mol. The monoisotopic (exact) mass is 378 g/mol. The minimum atomic E-state index is -3.64. The Labute approximate surface area is 158 Å². The second kappa shape index (κ2) is 8.04.